The van der Waals surface area contributed by atoms with Crippen LogP contribution < -0.4 is 5.32 Å². The van der Waals surface area contributed by atoms with Crippen LogP contribution in [0.3, 0.4) is 0 Å². The van der Waals surface area contributed by atoms with E-state index in [-0.39, 0.29) is 0 Å². The standard InChI is InChI=1S/C12H27NS/c1-6-11(4)9-13-10-12(7-2,8-3)14-5/h11,13H,6-10H2,1-5H3. The molecule has 0 aliphatic heterocycles. The van der Waals surface area contributed by atoms with E-state index in [1.165, 1.54) is 25.8 Å². The van der Waals surface area contributed by atoms with Gasteiger partial charge in [0.15, 0.2) is 0 Å². The van der Waals surface area contributed by atoms with E-state index in [2.05, 4.69) is 39.3 Å². The second kappa shape index (κ2) is 7.58. The van der Waals surface area contributed by atoms with Crippen molar-refractivity contribution in [3.8, 4) is 0 Å². The van der Waals surface area contributed by atoms with Gasteiger partial charge in [0, 0.05) is 11.3 Å². The zero-order valence-electron chi connectivity index (χ0n) is 10.5. The molecule has 0 aromatic heterocycles. The largest absolute Gasteiger partial charge is 0.315 e. The van der Waals surface area contributed by atoms with Crippen LogP contribution in [0.1, 0.15) is 47.0 Å². The Balaban J connectivity index is 3.82. The summed E-state index contributed by atoms with van der Waals surface area (Å²) in [6.07, 6.45) is 6.03. The minimum Gasteiger partial charge on any atom is -0.315 e. The Morgan fingerprint density at radius 3 is 2.14 bits per heavy atom. The van der Waals surface area contributed by atoms with Crippen LogP contribution in [0, 0.1) is 5.92 Å². The summed E-state index contributed by atoms with van der Waals surface area (Å²) in [7, 11) is 0. The summed E-state index contributed by atoms with van der Waals surface area (Å²) < 4.78 is 0.466. The van der Waals surface area contributed by atoms with Gasteiger partial charge in [-0.15, -0.1) is 0 Å². The zero-order chi connectivity index (χ0) is 11.0. The molecule has 0 aromatic carbocycles. The van der Waals surface area contributed by atoms with Crippen molar-refractivity contribution in [2.75, 3.05) is 19.3 Å². The molecule has 0 radical (unpaired) electrons. The molecule has 0 aromatic rings. The molecule has 0 bridgehead atoms. The Morgan fingerprint density at radius 1 is 1.21 bits per heavy atom. The fourth-order valence-electron chi connectivity index (χ4n) is 1.55. The van der Waals surface area contributed by atoms with Crippen LogP contribution in [0.25, 0.3) is 0 Å². The maximum absolute atomic E-state index is 3.61. The van der Waals surface area contributed by atoms with Gasteiger partial charge < -0.3 is 5.32 Å². The zero-order valence-corrected chi connectivity index (χ0v) is 11.3. The maximum Gasteiger partial charge on any atom is 0.0276 e. The lowest BCUT2D eigenvalue weighted by Crippen LogP contribution is -2.38. The van der Waals surface area contributed by atoms with E-state index in [1.807, 2.05) is 11.8 Å². The summed E-state index contributed by atoms with van der Waals surface area (Å²) >= 11 is 2.01. The molecule has 0 saturated carbocycles. The van der Waals surface area contributed by atoms with Gasteiger partial charge in [0.2, 0.25) is 0 Å². The van der Waals surface area contributed by atoms with Crippen LogP contribution in [-0.4, -0.2) is 24.1 Å². The van der Waals surface area contributed by atoms with Crippen LogP contribution in [0.15, 0.2) is 0 Å². The van der Waals surface area contributed by atoms with Gasteiger partial charge in [0.1, 0.15) is 0 Å². The Hall–Kier alpha value is 0.310. The number of rotatable bonds is 8. The third-order valence-electron chi connectivity index (χ3n) is 3.36. The van der Waals surface area contributed by atoms with E-state index in [9.17, 15) is 0 Å². The number of hydrogen-bond acceptors (Lipinski definition) is 2. The van der Waals surface area contributed by atoms with Crippen molar-refractivity contribution in [3.05, 3.63) is 0 Å². The Morgan fingerprint density at radius 2 is 1.79 bits per heavy atom. The van der Waals surface area contributed by atoms with Crippen molar-refractivity contribution in [1.29, 1.82) is 0 Å². The average Bonchev–Trinajstić information content (AvgIpc) is 2.25. The SMILES string of the molecule is CCC(C)CNCC(CC)(CC)SC. The van der Waals surface area contributed by atoms with E-state index in [4.69, 9.17) is 0 Å². The highest BCUT2D eigenvalue weighted by atomic mass is 32.2. The predicted molar refractivity (Wildman–Crippen MR) is 69.2 cm³/mol. The van der Waals surface area contributed by atoms with Crippen molar-refractivity contribution in [2.24, 2.45) is 5.92 Å². The summed E-state index contributed by atoms with van der Waals surface area (Å²) in [5.74, 6) is 0.809. The molecule has 0 rings (SSSR count). The van der Waals surface area contributed by atoms with Crippen LogP contribution in [0.4, 0.5) is 0 Å². The Kier molecular flexibility index (Phi) is 7.75. The molecule has 0 aliphatic carbocycles. The molecule has 0 fully saturated rings. The summed E-state index contributed by atoms with van der Waals surface area (Å²) in [5, 5.41) is 3.61. The molecule has 2 heteroatoms. The molecule has 1 unspecified atom stereocenters. The Labute approximate surface area is 94.4 Å². The van der Waals surface area contributed by atoms with Crippen molar-refractivity contribution >= 4 is 11.8 Å². The smallest absolute Gasteiger partial charge is 0.0276 e. The summed E-state index contributed by atoms with van der Waals surface area (Å²) in [6, 6.07) is 0. The van der Waals surface area contributed by atoms with Crippen molar-refractivity contribution in [2.45, 2.75) is 51.7 Å². The first-order valence-electron chi connectivity index (χ1n) is 5.90. The molecule has 1 atom stereocenters. The molecule has 1 N–H and O–H groups in total. The third kappa shape index (κ3) is 4.70. The minimum atomic E-state index is 0.466. The topological polar surface area (TPSA) is 12.0 Å². The van der Waals surface area contributed by atoms with Gasteiger partial charge in [-0.2, -0.15) is 11.8 Å². The van der Waals surface area contributed by atoms with E-state index < -0.39 is 0 Å². The second-order valence-electron chi connectivity index (χ2n) is 4.24. The molecule has 86 valence electrons. The van der Waals surface area contributed by atoms with Crippen molar-refractivity contribution in [1.82, 2.24) is 5.32 Å². The first-order valence-corrected chi connectivity index (χ1v) is 7.12. The molecule has 0 heterocycles. The number of thioether (sulfide) groups is 1. The number of hydrogen-bond donors (Lipinski definition) is 1. The van der Waals surface area contributed by atoms with Crippen molar-refractivity contribution < 1.29 is 0 Å². The average molecular weight is 217 g/mol. The molecular weight excluding hydrogens is 190 g/mol. The lowest BCUT2D eigenvalue weighted by Gasteiger charge is -2.30. The highest BCUT2D eigenvalue weighted by Crippen LogP contribution is 2.29. The monoisotopic (exact) mass is 217 g/mol. The molecule has 0 spiro atoms. The summed E-state index contributed by atoms with van der Waals surface area (Å²) in [4.78, 5) is 0. The highest BCUT2D eigenvalue weighted by Gasteiger charge is 2.23. The van der Waals surface area contributed by atoms with Gasteiger partial charge in [-0.05, 0) is 31.6 Å². The normalized spacial score (nSPS) is 14.4. The summed E-state index contributed by atoms with van der Waals surface area (Å²) in [5.41, 5.74) is 0. The highest BCUT2D eigenvalue weighted by molar-refractivity contribution is 8.00. The van der Waals surface area contributed by atoms with Crippen LogP contribution >= 0.6 is 11.8 Å². The van der Waals surface area contributed by atoms with Crippen LogP contribution in [0.2, 0.25) is 0 Å². The van der Waals surface area contributed by atoms with Gasteiger partial charge in [-0.3, -0.25) is 0 Å². The fraction of sp³-hybridized carbons (Fsp3) is 1.00. The minimum absolute atomic E-state index is 0.466. The Bertz CT molecular complexity index is 124. The van der Waals surface area contributed by atoms with Gasteiger partial charge in [0.25, 0.3) is 0 Å². The molecule has 14 heavy (non-hydrogen) atoms. The lowest BCUT2D eigenvalue weighted by atomic mass is 10.0. The van der Waals surface area contributed by atoms with Gasteiger partial charge in [-0.1, -0.05) is 34.1 Å². The fourth-order valence-corrected chi connectivity index (χ4v) is 2.38. The first-order chi connectivity index (χ1) is 6.64. The van der Waals surface area contributed by atoms with E-state index >= 15 is 0 Å². The molecule has 0 aliphatic rings. The first kappa shape index (κ1) is 14.3. The lowest BCUT2D eigenvalue weighted by molar-refractivity contribution is 0.445. The quantitative estimate of drug-likeness (QED) is 0.667. The van der Waals surface area contributed by atoms with E-state index in [1.54, 1.807) is 0 Å². The second-order valence-corrected chi connectivity index (χ2v) is 5.51. The molecule has 1 nitrogen and oxygen atoms in total. The van der Waals surface area contributed by atoms with E-state index in [0.29, 0.717) is 4.75 Å². The van der Waals surface area contributed by atoms with Gasteiger partial charge >= 0.3 is 0 Å². The van der Waals surface area contributed by atoms with Crippen molar-refractivity contribution in [3.63, 3.8) is 0 Å². The maximum atomic E-state index is 3.61. The van der Waals surface area contributed by atoms with Gasteiger partial charge in [0.05, 0.1) is 0 Å². The number of nitrogens with one attached hydrogen (secondary N) is 1. The molecular formula is C12H27NS. The molecule has 0 saturated heterocycles. The molecule has 0 amide bonds. The van der Waals surface area contributed by atoms with Crippen LogP contribution in [-0.2, 0) is 0 Å². The van der Waals surface area contributed by atoms with Crippen LogP contribution in [0.5, 0.6) is 0 Å². The predicted octanol–water partition coefficient (Wildman–Crippen LogP) is 3.54. The summed E-state index contributed by atoms with van der Waals surface area (Å²) in [6.45, 7) is 11.5. The van der Waals surface area contributed by atoms with Gasteiger partial charge in [-0.25, -0.2) is 0 Å². The van der Waals surface area contributed by atoms with E-state index in [0.717, 1.165) is 12.5 Å². The third-order valence-corrected chi connectivity index (χ3v) is 4.95.